The highest BCUT2D eigenvalue weighted by molar-refractivity contribution is 7.79. The predicted molar refractivity (Wildman–Crippen MR) is 174 cm³/mol. The van der Waals surface area contributed by atoms with Crippen molar-refractivity contribution in [2.24, 2.45) is 0 Å². The minimum atomic E-state index is -1.43. The van der Waals surface area contributed by atoms with E-state index in [1.54, 1.807) is 12.1 Å². The minimum Gasteiger partial charge on any atom is -0.251 e. The molecule has 1 saturated heterocycles. The van der Waals surface area contributed by atoms with Crippen LogP contribution >= 0.6 is 16.1 Å². The fourth-order valence-corrected chi connectivity index (χ4v) is 13.6. The molecule has 1 heterocycles. The third kappa shape index (κ3) is 6.49. The van der Waals surface area contributed by atoms with Crippen molar-refractivity contribution in [2.75, 3.05) is 6.54 Å². The van der Waals surface area contributed by atoms with E-state index >= 15 is 8.78 Å². The maximum atomic E-state index is 15.7. The monoisotopic (exact) mass is 587 g/mol. The molecule has 5 rings (SSSR count). The molecular weight excluding hydrogens is 546 g/mol. The van der Waals surface area contributed by atoms with Gasteiger partial charge in [-0.2, -0.15) is 0 Å². The van der Waals surface area contributed by atoms with E-state index in [0.717, 1.165) is 32.2 Å². The lowest BCUT2D eigenvalue weighted by Gasteiger charge is -2.42. The van der Waals surface area contributed by atoms with Crippen LogP contribution in [0.1, 0.15) is 77.3 Å². The highest BCUT2D eigenvalue weighted by Gasteiger charge is 2.45. The van der Waals surface area contributed by atoms with Crippen molar-refractivity contribution in [3.05, 3.63) is 130 Å². The maximum absolute atomic E-state index is 15.7. The number of benzene rings is 4. The van der Waals surface area contributed by atoms with Crippen LogP contribution in [-0.2, 0) is 0 Å². The summed E-state index contributed by atoms with van der Waals surface area (Å²) in [4.78, 5) is 0. The second-order valence-corrected chi connectivity index (χ2v) is 16.3. The van der Waals surface area contributed by atoms with Gasteiger partial charge in [0.1, 0.15) is 11.6 Å². The van der Waals surface area contributed by atoms with Gasteiger partial charge in [0.25, 0.3) is 0 Å². The third-order valence-corrected chi connectivity index (χ3v) is 14.8. The average Bonchev–Trinajstić information content (AvgIpc) is 3.38. The Kier molecular flexibility index (Phi) is 9.70. The number of unbranched alkanes of at least 4 members (excludes halogenated alkanes) is 1. The van der Waals surface area contributed by atoms with E-state index in [-0.39, 0.29) is 11.6 Å². The molecule has 3 atom stereocenters. The zero-order valence-corrected chi connectivity index (χ0v) is 26.7. The Morgan fingerprint density at radius 3 is 1.80 bits per heavy atom. The van der Waals surface area contributed by atoms with E-state index in [9.17, 15) is 0 Å². The van der Waals surface area contributed by atoms with Crippen molar-refractivity contribution in [1.82, 2.24) is 4.44 Å². The standard InChI is InChI=1S/C36H41F2NP2/c1-6-7-20-39(41(35-14-10-8-12-31(35)37)36-15-11-9-13-32(36)38)40-33(29-17-16-27(4)28(5)24-29)18-19-34(40)30-22-25(2)21-26(3)23-30/h8-17,21-24,33-34H,6-7,18-20H2,1-5H3/t33-,34-,40?/m0/s1. The molecule has 1 aliphatic heterocycles. The lowest BCUT2D eigenvalue weighted by atomic mass is 9.99. The molecule has 214 valence electrons. The highest BCUT2D eigenvalue weighted by atomic mass is 31.2. The van der Waals surface area contributed by atoms with Crippen LogP contribution in [-0.4, -0.2) is 11.0 Å². The van der Waals surface area contributed by atoms with Gasteiger partial charge >= 0.3 is 0 Å². The predicted octanol–water partition coefficient (Wildman–Crippen LogP) is 10.3. The van der Waals surface area contributed by atoms with Crippen LogP contribution in [0.4, 0.5) is 8.78 Å². The fraction of sp³-hybridized carbons (Fsp3) is 0.333. The molecule has 0 saturated carbocycles. The summed E-state index contributed by atoms with van der Waals surface area (Å²) in [5.41, 5.74) is 8.54. The molecular formula is C36H41F2NP2. The topological polar surface area (TPSA) is 3.24 Å². The van der Waals surface area contributed by atoms with Crippen LogP contribution in [0.3, 0.4) is 0 Å². The molecule has 5 heteroatoms. The molecule has 1 aliphatic rings. The smallest absolute Gasteiger partial charge is 0.132 e. The summed E-state index contributed by atoms with van der Waals surface area (Å²) in [6.07, 6.45) is 4.17. The quantitative estimate of drug-likeness (QED) is 0.176. The average molecular weight is 588 g/mol. The Morgan fingerprint density at radius 1 is 0.707 bits per heavy atom. The van der Waals surface area contributed by atoms with Crippen LogP contribution < -0.4 is 10.6 Å². The number of hydrogen-bond donors (Lipinski definition) is 0. The molecule has 4 aromatic carbocycles. The molecule has 0 amide bonds. The van der Waals surface area contributed by atoms with Gasteiger partial charge in [-0.25, -0.2) is 8.78 Å². The summed E-state index contributed by atoms with van der Waals surface area (Å²) in [6, 6.07) is 28.0. The van der Waals surface area contributed by atoms with E-state index < -0.39 is 16.1 Å². The van der Waals surface area contributed by atoms with Gasteiger partial charge in [-0.15, -0.1) is 0 Å². The number of rotatable bonds is 9. The lowest BCUT2D eigenvalue weighted by molar-refractivity contribution is 0.617. The van der Waals surface area contributed by atoms with Gasteiger partial charge in [0, 0.05) is 36.5 Å². The molecule has 4 aromatic rings. The van der Waals surface area contributed by atoms with Gasteiger partial charge in [-0.1, -0.05) is 85.1 Å². The third-order valence-electron chi connectivity index (χ3n) is 8.27. The number of aryl methyl sites for hydroxylation is 4. The van der Waals surface area contributed by atoms with Gasteiger partial charge in [0.2, 0.25) is 0 Å². The van der Waals surface area contributed by atoms with E-state index in [1.165, 1.54) is 45.5 Å². The summed E-state index contributed by atoms with van der Waals surface area (Å²) in [5, 5.41) is 1.24. The molecule has 0 bridgehead atoms. The van der Waals surface area contributed by atoms with Crippen molar-refractivity contribution in [3.63, 3.8) is 0 Å². The zero-order chi connectivity index (χ0) is 29.1. The Labute approximate surface area is 247 Å². The van der Waals surface area contributed by atoms with Crippen LogP contribution in [0.2, 0.25) is 0 Å². The Hall–Kier alpha value is -2.44. The van der Waals surface area contributed by atoms with E-state index in [4.69, 9.17) is 0 Å². The molecule has 1 unspecified atom stereocenters. The molecule has 0 radical (unpaired) electrons. The van der Waals surface area contributed by atoms with Crippen molar-refractivity contribution < 1.29 is 8.78 Å². The first kappa shape index (κ1) is 30.0. The largest absolute Gasteiger partial charge is 0.251 e. The van der Waals surface area contributed by atoms with E-state index in [0.29, 0.717) is 21.9 Å². The zero-order valence-electron chi connectivity index (χ0n) is 24.9. The second-order valence-electron chi connectivity index (χ2n) is 11.4. The molecule has 41 heavy (non-hydrogen) atoms. The van der Waals surface area contributed by atoms with Gasteiger partial charge in [-0.3, -0.25) is 4.44 Å². The summed E-state index contributed by atoms with van der Waals surface area (Å²) < 4.78 is 34.1. The van der Waals surface area contributed by atoms with Crippen LogP contribution in [0, 0.1) is 39.3 Å². The summed E-state index contributed by atoms with van der Waals surface area (Å²) in [6.45, 7) is 11.7. The number of nitrogens with zero attached hydrogens (tertiary/aromatic N) is 1. The van der Waals surface area contributed by atoms with Gasteiger partial charge < -0.3 is 0 Å². The molecule has 1 nitrogen and oxygen atoms in total. The van der Waals surface area contributed by atoms with Gasteiger partial charge in [0.05, 0.1) is 0 Å². The van der Waals surface area contributed by atoms with E-state index in [1.807, 2.05) is 24.3 Å². The fourth-order valence-electron chi connectivity index (χ4n) is 6.18. The lowest BCUT2D eigenvalue weighted by Crippen LogP contribution is -2.30. The van der Waals surface area contributed by atoms with Crippen LogP contribution in [0.25, 0.3) is 0 Å². The summed E-state index contributed by atoms with van der Waals surface area (Å²) in [7, 11) is -2.26. The highest BCUT2D eigenvalue weighted by Crippen LogP contribution is 2.76. The van der Waals surface area contributed by atoms with E-state index in [2.05, 4.69) is 75.5 Å². The molecule has 1 fully saturated rings. The molecule has 0 aromatic heterocycles. The van der Waals surface area contributed by atoms with Crippen LogP contribution in [0.15, 0.2) is 84.9 Å². The first-order chi connectivity index (χ1) is 19.8. The first-order valence-electron chi connectivity index (χ1n) is 14.8. The van der Waals surface area contributed by atoms with Gasteiger partial charge in [-0.05, 0) is 102 Å². The SMILES string of the molecule is CCCCN(P(c1ccccc1F)c1ccccc1F)P1[C@H](c2cc(C)cc(C)c2)CC[C@H]1c1ccc(C)c(C)c1. The van der Waals surface area contributed by atoms with Gasteiger partial charge in [0.15, 0.2) is 0 Å². The Bertz CT molecular complexity index is 1440. The summed E-state index contributed by atoms with van der Waals surface area (Å²) in [5.74, 6) is -0.494. The Morgan fingerprint density at radius 2 is 1.27 bits per heavy atom. The Balaban J connectivity index is 1.74. The van der Waals surface area contributed by atoms with Crippen LogP contribution in [0.5, 0.6) is 0 Å². The number of hydrogen-bond acceptors (Lipinski definition) is 1. The van der Waals surface area contributed by atoms with Crippen molar-refractivity contribution in [2.45, 2.75) is 71.6 Å². The first-order valence-corrected chi connectivity index (χ1v) is 17.5. The van der Waals surface area contributed by atoms with Crippen molar-refractivity contribution in [3.8, 4) is 0 Å². The second kappa shape index (κ2) is 13.2. The maximum Gasteiger partial charge on any atom is 0.132 e. The number of halogens is 2. The molecule has 0 spiro atoms. The van der Waals surface area contributed by atoms with Crippen molar-refractivity contribution >= 4 is 26.8 Å². The summed E-state index contributed by atoms with van der Waals surface area (Å²) >= 11 is 0. The normalized spacial score (nSPS) is 18.9. The molecule has 0 N–H and O–H groups in total. The minimum absolute atomic E-state index is 0.247. The van der Waals surface area contributed by atoms with Crippen molar-refractivity contribution in [1.29, 1.82) is 0 Å². The molecule has 0 aliphatic carbocycles.